The first-order chi connectivity index (χ1) is 15.7. The van der Waals surface area contributed by atoms with Crippen LogP contribution in [0.15, 0.2) is 0 Å². The molecule has 0 aliphatic carbocycles. The first kappa shape index (κ1) is 31.8. The summed E-state index contributed by atoms with van der Waals surface area (Å²) >= 11 is 0. The van der Waals surface area contributed by atoms with Crippen LogP contribution in [0.4, 0.5) is 0 Å². The number of hydrogen-bond donors (Lipinski definition) is 2. The van der Waals surface area contributed by atoms with Gasteiger partial charge in [0, 0.05) is 0 Å². The van der Waals surface area contributed by atoms with Crippen molar-refractivity contribution < 1.29 is 23.9 Å². The standard InChI is InChI=1S/C26H52N2O5/c1-5-31-23(29)26(27,24(30)33-25(2,3)4)21-19-17-15-13-11-9-7-6-8-10-12-14-16-18-20-22-32-28/h5-22,27-28H2,1-4H3. The molecular weight excluding hydrogens is 420 g/mol. The quantitative estimate of drug-likeness (QED) is 0.0950. The van der Waals surface area contributed by atoms with Gasteiger partial charge in [0.2, 0.25) is 5.54 Å². The molecule has 1 unspecified atom stereocenters. The summed E-state index contributed by atoms with van der Waals surface area (Å²) in [6, 6.07) is 0. The third-order valence-corrected chi connectivity index (χ3v) is 5.74. The Balaban J connectivity index is 3.83. The van der Waals surface area contributed by atoms with E-state index in [2.05, 4.69) is 4.84 Å². The highest BCUT2D eigenvalue weighted by molar-refractivity contribution is 6.04. The van der Waals surface area contributed by atoms with Crippen molar-refractivity contribution >= 4 is 11.9 Å². The molecule has 0 heterocycles. The van der Waals surface area contributed by atoms with Crippen molar-refractivity contribution in [2.75, 3.05) is 13.2 Å². The number of carbonyl (C=O) groups excluding carboxylic acids is 2. The Morgan fingerprint density at radius 1 is 0.667 bits per heavy atom. The van der Waals surface area contributed by atoms with E-state index in [4.69, 9.17) is 21.1 Å². The number of hydrogen-bond acceptors (Lipinski definition) is 7. The summed E-state index contributed by atoms with van der Waals surface area (Å²) in [6.45, 7) is 7.85. The molecule has 7 heteroatoms. The Kier molecular flexibility index (Phi) is 18.5. The van der Waals surface area contributed by atoms with Crippen LogP contribution in [0.5, 0.6) is 0 Å². The lowest BCUT2D eigenvalue weighted by Gasteiger charge is -2.29. The molecule has 0 saturated heterocycles. The van der Waals surface area contributed by atoms with Crippen LogP contribution in [-0.4, -0.2) is 36.3 Å². The molecule has 0 aliphatic rings. The van der Waals surface area contributed by atoms with Crippen molar-refractivity contribution in [3.63, 3.8) is 0 Å². The number of nitrogens with two attached hydrogens (primary N) is 2. The molecule has 0 aromatic rings. The minimum atomic E-state index is -1.72. The second-order valence-corrected chi connectivity index (χ2v) is 10.1. The van der Waals surface area contributed by atoms with Gasteiger partial charge in [-0.1, -0.05) is 89.9 Å². The normalized spacial score (nSPS) is 13.5. The lowest BCUT2D eigenvalue weighted by molar-refractivity contribution is -0.171. The topological polar surface area (TPSA) is 114 Å². The van der Waals surface area contributed by atoms with Gasteiger partial charge in [0.25, 0.3) is 0 Å². The van der Waals surface area contributed by atoms with Gasteiger partial charge in [0.1, 0.15) is 5.60 Å². The number of rotatable bonds is 21. The predicted molar refractivity (Wildman–Crippen MR) is 133 cm³/mol. The maximum atomic E-state index is 12.5. The van der Waals surface area contributed by atoms with Gasteiger partial charge in [-0.2, -0.15) is 0 Å². The zero-order valence-corrected chi connectivity index (χ0v) is 21.9. The number of ether oxygens (including phenoxy) is 2. The smallest absolute Gasteiger partial charge is 0.338 e. The lowest BCUT2D eigenvalue weighted by Crippen LogP contribution is -2.57. The van der Waals surface area contributed by atoms with Gasteiger partial charge in [-0.15, -0.1) is 0 Å². The summed E-state index contributed by atoms with van der Waals surface area (Å²) in [6.07, 6.45) is 18.2. The van der Waals surface area contributed by atoms with E-state index >= 15 is 0 Å². The average molecular weight is 473 g/mol. The van der Waals surface area contributed by atoms with Crippen LogP contribution >= 0.6 is 0 Å². The van der Waals surface area contributed by atoms with E-state index in [-0.39, 0.29) is 13.0 Å². The van der Waals surface area contributed by atoms with Crippen molar-refractivity contribution in [3.8, 4) is 0 Å². The predicted octanol–water partition coefficient (Wildman–Crippen LogP) is 5.72. The summed E-state index contributed by atoms with van der Waals surface area (Å²) in [5, 5.41) is 0. The van der Waals surface area contributed by atoms with Gasteiger partial charge < -0.3 is 20.0 Å². The van der Waals surface area contributed by atoms with Gasteiger partial charge >= 0.3 is 11.9 Å². The summed E-state index contributed by atoms with van der Waals surface area (Å²) in [5.74, 6) is 3.62. The van der Waals surface area contributed by atoms with Crippen LogP contribution in [0.3, 0.4) is 0 Å². The van der Waals surface area contributed by atoms with Crippen LogP contribution in [0.2, 0.25) is 0 Å². The van der Waals surface area contributed by atoms with E-state index in [1.54, 1.807) is 27.7 Å². The second-order valence-electron chi connectivity index (χ2n) is 10.1. The van der Waals surface area contributed by atoms with Crippen molar-refractivity contribution in [2.45, 2.75) is 142 Å². The maximum Gasteiger partial charge on any atom is 0.338 e. The van der Waals surface area contributed by atoms with Crippen LogP contribution in [0, 0.1) is 0 Å². The molecule has 0 amide bonds. The molecule has 0 aromatic heterocycles. The van der Waals surface area contributed by atoms with Crippen molar-refractivity contribution in [1.29, 1.82) is 0 Å². The fourth-order valence-corrected chi connectivity index (χ4v) is 3.80. The van der Waals surface area contributed by atoms with Gasteiger partial charge in [0.15, 0.2) is 0 Å². The Hall–Kier alpha value is -1.18. The van der Waals surface area contributed by atoms with Crippen molar-refractivity contribution in [1.82, 2.24) is 0 Å². The molecule has 0 saturated carbocycles. The third-order valence-electron chi connectivity index (χ3n) is 5.74. The van der Waals surface area contributed by atoms with E-state index in [1.807, 2.05) is 0 Å². The molecule has 0 aromatic carbocycles. The number of unbranched alkanes of at least 4 members (excludes halogenated alkanes) is 14. The molecule has 0 spiro atoms. The van der Waals surface area contributed by atoms with Crippen molar-refractivity contribution in [2.24, 2.45) is 11.6 Å². The fourth-order valence-electron chi connectivity index (χ4n) is 3.80. The van der Waals surface area contributed by atoms with E-state index in [0.29, 0.717) is 13.0 Å². The zero-order valence-electron chi connectivity index (χ0n) is 21.9. The number of esters is 2. The molecule has 196 valence electrons. The molecule has 0 bridgehead atoms. The third kappa shape index (κ3) is 17.0. The van der Waals surface area contributed by atoms with E-state index < -0.39 is 23.1 Å². The molecule has 33 heavy (non-hydrogen) atoms. The molecular formula is C26H52N2O5. The Morgan fingerprint density at radius 2 is 1.06 bits per heavy atom. The summed E-state index contributed by atoms with van der Waals surface area (Å²) in [7, 11) is 0. The number of carbonyl (C=O) groups is 2. The molecule has 4 N–H and O–H groups in total. The van der Waals surface area contributed by atoms with Gasteiger partial charge in [-0.3, -0.25) is 0 Å². The Bertz CT molecular complexity index is 507. The highest BCUT2D eigenvalue weighted by Crippen LogP contribution is 2.21. The van der Waals surface area contributed by atoms with E-state index in [1.165, 1.54) is 70.6 Å². The van der Waals surface area contributed by atoms with Crippen LogP contribution in [0.25, 0.3) is 0 Å². The van der Waals surface area contributed by atoms with Gasteiger partial charge in [-0.25, -0.2) is 15.5 Å². The van der Waals surface area contributed by atoms with Crippen molar-refractivity contribution in [3.05, 3.63) is 0 Å². The molecule has 0 rings (SSSR count). The first-order valence-corrected chi connectivity index (χ1v) is 13.2. The fraction of sp³-hybridized carbons (Fsp3) is 0.923. The minimum absolute atomic E-state index is 0.186. The highest BCUT2D eigenvalue weighted by atomic mass is 16.6. The monoisotopic (exact) mass is 472 g/mol. The van der Waals surface area contributed by atoms with Gasteiger partial charge in [0.05, 0.1) is 13.2 Å². The Morgan fingerprint density at radius 3 is 1.42 bits per heavy atom. The molecule has 0 radical (unpaired) electrons. The van der Waals surface area contributed by atoms with Crippen LogP contribution in [-0.2, 0) is 23.9 Å². The molecule has 1 atom stereocenters. The van der Waals surface area contributed by atoms with Crippen LogP contribution in [0.1, 0.15) is 130 Å². The summed E-state index contributed by atoms with van der Waals surface area (Å²) in [4.78, 5) is 29.5. The largest absolute Gasteiger partial charge is 0.464 e. The maximum absolute atomic E-state index is 12.5. The SMILES string of the molecule is CCOC(=O)C(N)(CCCCCCCCCCCCCCCCCON)C(=O)OC(C)(C)C. The first-order valence-electron chi connectivity index (χ1n) is 13.2. The van der Waals surface area contributed by atoms with E-state index in [0.717, 1.165) is 19.3 Å². The summed E-state index contributed by atoms with van der Waals surface area (Å²) < 4.78 is 10.4. The Labute approximate surface area is 202 Å². The molecule has 7 nitrogen and oxygen atoms in total. The average Bonchev–Trinajstić information content (AvgIpc) is 2.74. The second kappa shape index (κ2) is 19.2. The molecule has 0 aliphatic heterocycles. The lowest BCUT2D eigenvalue weighted by atomic mass is 9.92. The van der Waals surface area contributed by atoms with Crippen LogP contribution < -0.4 is 11.6 Å². The molecule has 0 fully saturated rings. The minimum Gasteiger partial charge on any atom is -0.464 e. The van der Waals surface area contributed by atoms with E-state index in [9.17, 15) is 9.59 Å². The van der Waals surface area contributed by atoms with Gasteiger partial charge in [-0.05, 0) is 40.5 Å². The highest BCUT2D eigenvalue weighted by Gasteiger charge is 2.46. The zero-order chi connectivity index (χ0) is 25.0. The summed E-state index contributed by atoms with van der Waals surface area (Å²) in [5.41, 5.74) is 3.77.